The fourth-order valence-corrected chi connectivity index (χ4v) is 1.07. The lowest BCUT2D eigenvalue weighted by Gasteiger charge is -2.07. The zero-order chi connectivity index (χ0) is 9.68. The van der Waals surface area contributed by atoms with E-state index in [2.05, 4.69) is 9.82 Å². The Bertz CT molecular complexity index is 283. The van der Waals surface area contributed by atoms with Gasteiger partial charge in [-0.25, -0.2) is 0 Å². The number of rotatable bonds is 3. The van der Waals surface area contributed by atoms with E-state index in [9.17, 15) is 4.79 Å². The standard InChI is InChI=1S/C9H12N2O2.2ClH/c1-7(9(12)13-10)5-8-3-2-4-11-6-8;;/h2-4,6-7H,5,10H2,1H3;2*1H. The molecule has 0 spiro atoms. The normalized spacial score (nSPS) is 10.5. The Labute approximate surface area is 101 Å². The molecule has 0 saturated carbocycles. The molecule has 0 saturated heterocycles. The zero-order valence-electron chi connectivity index (χ0n) is 8.25. The van der Waals surface area contributed by atoms with Gasteiger partial charge in [0.1, 0.15) is 0 Å². The minimum Gasteiger partial charge on any atom is -0.373 e. The number of carbonyl (C=O) groups excluding carboxylic acids is 1. The van der Waals surface area contributed by atoms with Crippen LogP contribution in [0, 0.1) is 5.92 Å². The summed E-state index contributed by atoms with van der Waals surface area (Å²) in [6, 6.07) is 3.74. The van der Waals surface area contributed by atoms with Crippen LogP contribution in [-0.4, -0.2) is 11.0 Å². The fourth-order valence-electron chi connectivity index (χ4n) is 1.07. The second-order valence-corrected chi connectivity index (χ2v) is 2.90. The van der Waals surface area contributed by atoms with Gasteiger partial charge in [0, 0.05) is 12.4 Å². The van der Waals surface area contributed by atoms with E-state index in [0.717, 1.165) is 5.56 Å². The highest BCUT2D eigenvalue weighted by Gasteiger charge is 2.13. The Hall–Kier alpha value is -0.840. The van der Waals surface area contributed by atoms with Crippen LogP contribution >= 0.6 is 24.8 Å². The van der Waals surface area contributed by atoms with Crippen LogP contribution in [0.4, 0.5) is 0 Å². The van der Waals surface area contributed by atoms with Crippen LogP contribution in [0.5, 0.6) is 0 Å². The fraction of sp³-hybridized carbons (Fsp3) is 0.333. The monoisotopic (exact) mass is 252 g/mol. The molecule has 0 aromatic carbocycles. The molecule has 0 aliphatic carbocycles. The summed E-state index contributed by atoms with van der Waals surface area (Å²) in [4.78, 5) is 19.0. The summed E-state index contributed by atoms with van der Waals surface area (Å²) in [5, 5.41) is 0. The smallest absolute Gasteiger partial charge is 0.327 e. The third kappa shape index (κ3) is 5.57. The second-order valence-electron chi connectivity index (χ2n) is 2.90. The van der Waals surface area contributed by atoms with Crippen molar-refractivity contribution in [3.05, 3.63) is 30.1 Å². The van der Waals surface area contributed by atoms with Crippen LogP contribution in [-0.2, 0) is 16.1 Å². The van der Waals surface area contributed by atoms with Crippen LogP contribution in [0.15, 0.2) is 24.5 Å². The van der Waals surface area contributed by atoms with E-state index in [1.807, 2.05) is 12.1 Å². The summed E-state index contributed by atoms with van der Waals surface area (Å²) in [5.74, 6) is 4.13. The molecular formula is C9H14Cl2N2O2. The molecule has 1 unspecified atom stereocenters. The van der Waals surface area contributed by atoms with Crippen molar-refractivity contribution in [2.24, 2.45) is 11.8 Å². The first-order valence-electron chi connectivity index (χ1n) is 4.03. The molecule has 0 fully saturated rings. The molecule has 4 nitrogen and oxygen atoms in total. The van der Waals surface area contributed by atoms with Gasteiger partial charge in [-0.3, -0.25) is 9.78 Å². The molecule has 1 atom stereocenters. The van der Waals surface area contributed by atoms with Gasteiger partial charge in [-0.05, 0) is 18.1 Å². The van der Waals surface area contributed by atoms with E-state index in [4.69, 9.17) is 5.90 Å². The minimum atomic E-state index is -0.399. The van der Waals surface area contributed by atoms with Crippen LogP contribution < -0.4 is 5.90 Å². The van der Waals surface area contributed by atoms with Gasteiger partial charge in [0.05, 0.1) is 5.92 Å². The first kappa shape index (κ1) is 16.6. The molecule has 2 N–H and O–H groups in total. The van der Waals surface area contributed by atoms with Gasteiger partial charge in [0.15, 0.2) is 0 Å². The van der Waals surface area contributed by atoms with E-state index in [1.165, 1.54) is 0 Å². The molecule has 1 heterocycles. The number of nitrogens with zero attached hydrogens (tertiary/aromatic N) is 1. The summed E-state index contributed by atoms with van der Waals surface area (Å²) in [6.07, 6.45) is 4.01. The molecule has 1 rings (SSSR count). The number of halogens is 2. The van der Waals surface area contributed by atoms with Gasteiger partial charge in [0.2, 0.25) is 0 Å². The summed E-state index contributed by atoms with van der Waals surface area (Å²) < 4.78 is 0. The molecule has 86 valence electrons. The van der Waals surface area contributed by atoms with E-state index in [0.29, 0.717) is 6.42 Å². The van der Waals surface area contributed by atoms with Gasteiger partial charge in [-0.2, -0.15) is 5.90 Å². The molecule has 0 radical (unpaired) electrons. The van der Waals surface area contributed by atoms with Crippen LogP contribution in [0.2, 0.25) is 0 Å². The van der Waals surface area contributed by atoms with Crippen molar-refractivity contribution in [2.75, 3.05) is 0 Å². The van der Waals surface area contributed by atoms with E-state index in [-0.39, 0.29) is 30.7 Å². The SMILES string of the molecule is CC(Cc1cccnc1)C(=O)ON.Cl.Cl. The maximum Gasteiger partial charge on any atom is 0.327 e. The van der Waals surface area contributed by atoms with Crippen molar-refractivity contribution in [3.63, 3.8) is 0 Å². The van der Waals surface area contributed by atoms with Crippen molar-refractivity contribution in [2.45, 2.75) is 13.3 Å². The van der Waals surface area contributed by atoms with Gasteiger partial charge >= 0.3 is 5.97 Å². The average molecular weight is 253 g/mol. The quantitative estimate of drug-likeness (QED) is 0.829. The van der Waals surface area contributed by atoms with Crippen LogP contribution in [0.3, 0.4) is 0 Å². The third-order valence-electron chi connectivity index (χ3n) is 1.78. The molecule has 6 heteroatoms. The Morgan fingerprint density at radius 1 is 1.60 bits per heavy atom. The highest BCUT2D eigenvalue weighted by Crippen LogP contribution is 2.07. The molecule has 15 heavy (non-hydrogen) atoms. The second kappa shape index (κ2) is 8.47. The van der Waals surface area contributed by atoms with Crippen LogP contribution in [0.25, 0.3) is 0 Å². The number of nitrogens with two attached hydrogens (primary N) is 1. The molecule has 0 amide bonds. The lowest BCUT2D eigenvalue weighted by atomic mass is 10.0. The minimum absolute atomic E-state index is 0. The van der Waals surface area contributed by atoms with E-state index in [1.54, 1.807) is 19.3 Å². The van der Waals surface area contributed by atoms with Gasteiger partial charge in [-0.15, -0.1) is 24.8 Å². The molecule has 0 aliphatic rings. The van der Waals surface area contributed by atoms with Gasteiger partial charge in [-0.1, -0.05) is 13.0 Å². The van der Waals surface area contributed by atoms with E-state index >= 15 is 0 Å². The molecule has 0 aliphatic heterocycles. The highest BCUT2D eigenvalue weighted by molar-refractivity contribution is 5.85. The molecule has 1 aromatic rings. The van der Waals surface area contributed by atoms with E-state index < -0.39 is 5.97 Å². The summed E-state index contributed by atoms with van der Waals surface area (Å²) in [7, 11) is 0. The molecule has 1 aromatic heterocycles. The Morgan fingerprint density at radius 3 is 2.73 bits per heavy atom. The summed E-state index contributed by atoms with van der Waals surface area (Å²) in [6.45, 7) is 1.77. The lowest BCUT2D eigenvalue weighted by molar-refractivity contribution is -0.148. The van der Waals surface area contributed by atoms with Crippen molar-refractivity contribution < 1.29 is 9.63 Å². The number of pyridine rings is 1. The largest absolute Gasteiger partial charge is 0.373 e. The number of hydrogen-bond donors (Lipinski definition) is 1. The first-order valence-corrected chi connectivity index (χ1v) is 4.03. The topological polar surface area (TPSA) is 65.2 Å². The van der Waals surface area contributed by atoms with Gasteiger partial charge in [0.25, 0.3) is 0 Å². The molecule has 0 bridgehead atoms. The predicted molar refractivity (Wildman–Crippen MR) is 61.9 cm³/mol. The van der Waals surface area contributed by atoms with Crippen molar-refractivity contribution in [1.29, 1.82) is 0 Å². The number of aromatic nitrogens is 1. The number of carbonyl (C=O) groups is 1. The number of hydrogen-bond acceptors (Lipinski definition) is 4. The Kier molecular flexibility index (Phi) is 9.36. The van der Waals surface area contributed by atoms with Crippen LogP contribution in [0.1, 0.15) is 12.5 Å². The highest BCUT2D eigenvalue weighted by atomic mass is 35.5. The van der Waals surface area contributed by atoms with Crippen molar-refractivity contribution in [1.82, 2.24) is 4.98 Å². The van der Waals surface area contributed by atoms with Crippen molar-refractivity contribution in [3.8, 4) is 0 Å². The van der Waals surface area contributed by atoms with Gasteiger partial charge < -0.3 is 4.84 Å². The summed E-state index contributed by atoms with van der Waals surface area (Å²) in [5.41, 5.74) is 1.00. The first-order chi connectivity index (χ1) is 6.24. The molecular weight excluding hydrogens is 239 g/mol. The average Bonchev–Trinajstić information content (AvgIpc) is 2.18. The summed E-state index contributed by atoms with van der Waals surface area (Å²) >= 11 is 0. The Balaban J connectivity index is 0. The lowest BCUT2D eigenvalue weighted by Crippen LogP contribution is -2.20. The maximum absolute atomic E-state index is 10.9. The van der Waals surface area contributed by atoms with Crippen molar-refractivity contribution >= 4 is 30.8 Å². The zero-order valence-corrected chi connectivity index (χ0v) is 9.88. The third-order valence-corrected chi connectivity index (χ3v) is 1.78. The Morgan fingerprint density at radius 2 is 2.27 bits per heavy atom. The predicted octanol–water partition coefficient (Wildman–Crippen LogP) is 1.52. The maximum atomic E-state index is 10.9.